The van der Waals surface area contributed by atoms with Crippen molar-refractivity contribution in [3.8, 4) is 11.4 Å². The van der Waals surface area contributed by atoms with Crippen LogP contribution in [-0.2, 0) is 13.0 Å². The van der Waals surface area contributed by atoms with Crippen molar-refractivity contribution < 1.29 is 10.2 Å². The van der Waals surface area contributed by atoms with Gasteiger partial charge in [0.25, 0.3) is 0 Å². The largest absolute Gasteiger partial charge is 0.508 e. The summed E-state index contributed by atoms with van der Waals surface area (Å²) in [6.07, 6.45) is 0.570. The third kappa shape index (κ3) is 2.95. The number of nitrogens with zero attached hydrogens (tertiary/aromatic N) is 3. The SMILES string of the molecule is OCc1nnn(-c2ccc(O)cc2)c1Cc1ccc(Cl)cc1. The maximum atomic E-state index is 9.47. The lowest BCUT2D eigenvalue weighted by Crippen LogP contribution is -2.04. The van der Waals surface area contributed by atoms with Gasteiger partial charge in [-0.25, -0.2) is 4.68 Å². The van der Waals surface area contributed by atoms with Gasteiger partial charge in [-0.2, -0.15) is 0 Å². The summed E-state index contributed by atoms with van der Waals surface area (Å²) in [4.78, 5) is 0. The van der Waals surface area contributed by atoms with Crippen molar-refractivity contribution in [3.05, 3.63) is 70.5 Å². The highest BCUT2D eigenvalue weighted by Gasteiger charge is 2.14. The van der Waals surface area contributed by atoms with Crippen LogP contribution in [0.25, 0.3) is 5.69 Å². The van der Waals surface area contributed by atoms with E-state index in [2.05, 4.69) is 10.3 Å². The molecule has 3 rings (SSSR count). The summed E-state index contributed by atoms with van der Waals surface area (Å²) >= 11 is 5.90. The molecule has 0 atom stereocenters. The lowest BCUT2D eigenvalue weighted by molar-refractivity contribution is 0.275. The maximum absolute atomic E-state index is 9.47. The predicted octanol–water partition coefficient (Wildman–Crippen LogP) is 2.71. The van der Waals surface area contributed by atoms with Gasteiger partial charge >= 0.3 is 0 Å². The number of halogens is 1. The summed E-state index contributed by atoms with van der Waals surface area (Å²) < 4.78 is 1.67. The second-order valence-corrected chi connectivity index (χ2v) is 5.31. The number of aromatic nitrogens is 3. The minimum Gasteiger partial charge on any atom is -0.508 e. The summed E-state index contributed by atoms with van der Waals surface area (Å²) in [5, 5.41) is 27.7. The van der Waals surface area contributed by atoms with Crippen molar-refractivity contribution >= 4 is 11.6 Å². The molecule has 3 aromatic rings. The van der Waals surface area contributed by atoms with Gasteiger partial charge in [-0.1, -0.05) is 28.9 Å². The molecule has 0 bridgehead atoms. The molecule has 2 N–H and O–H groups in total. The molecule has 0 fully saturated rings. The Morgan fingerprint density at radius 1 is 1.00 bits per heavy atom. The highest BCUT2D eigenvalue weighted by molar-refractivity contribution is 6.30. The number of hydrogen-bond donors (Lipinski definition) is 2. The van der Waals surface area contributed by atoms with Crippen LogP contribution in [0.1, 0.15) is 17.0 Å². The molecule has 1 aromatic heterocycles. The molecule has 22 heavy (non-hydrogen) atoms. The van der Waals surface area contributed by atoms with Gasteiger partial charge in [-0.15, -0.1) is 5.10 Å². The maximum Gasteiger partial charge on any atom is 0.115 e. The highest BCUT2D eigenvalue weighted by Crippen LogP contribution is 2.20. The Labute approximate surface area is 132 Å². The Kier molecular flexibility index (Phi) is 4.09. The molecule has 0 amide bonds. The van der Waals surface area contributed by atoms with Crippen LogP contribution in [0.4, 0.5) is 0 Å². The number of phenolic OH excluding ortho intramolecular Hbond substituents is 1. The summed E-state index contributed by atoms with van der Waals surface area (Å²) in [6, 6.07) is 14.2. The molecule has 0 spiro atoms. The molecule has 0 saturated heterocycles. The average Bonchev–Trinajstić information content (AvgIpc) is 2.93. The summed E-state index contributed by atoms with van der Waals surface area (Å²) in [5.41, 5.74) is 3.15. The monoisotopic (exact) mass is 315 g/mol. The van der Waals surface area contributed by atoms with Crippen LogP contribution in [-0.4, -0.2) is 25.2 Å². The molecule has 6 heteroatoms. The quantitative estimate of drug-likeness (QED) is 0.776. The molecule has 0 aliphatic heterocycles. The number of aliphatic hydroxyl groups excluding tert-OH is 1. The molecule has 0 radical (unpaired) electrons. The lowest BCUT2D eigenvalue weighted by atomic mass is 10.1. The molecule has 0 unspecified atom stereocenters. The topological polar surface area (TPSA) is 71.2 Å². The molecule has 0 aliphatic carbocycles. The Hall–Kier alpha value is -2.37. The van der Waals surface area contributed by atoms with Crippen molar-refractivity contribution in [2.45, 2.75) is 13.0 Å². The first-order valence-corrected chi connectivity index (χ1v) is 7.13. The van der Waals surface area contributed by atoms with Gasteiger partial charge in [0.2, 0.25) is 0 Å². The minimum atomic E-state index is -0.180. The van der Waals surface area contributed by atoms with Crippen LogP contribution in [0.5, 0.6) is 5.75 Å². The zero-order valence-corrected chi connectivity index (χ0v) is 12.4. The first-order chi connectivity index (χ1) is 10.7. The zero-order valence-electron chi connectivity index (χ0n) is 11.6. The average molecular weight is 316 g/mol. The summed E-state index contributed by atoms with van der Waals surface area (Å²) in [5.74, 6) is 0.186. The normalized spacial score (nSPS) is 10.8. The van der Waals surface area contributed by atoms with Crippen LogP contribution < -0.4 is 0 Å². The van der Waals surface area contributed by atoms with Crippen molar-refractivity contribution in [1.29, 1.82) is 0 Å². The van der Waals surface area contributed by atoms with Gasteiger partial charge < -0.3 is 10.2 Å². The molecule has 0 aliphatic rings. The van der Waals surface area contributed by atoms with Crippen LogP contribution in [0, 0.1) is 0 Å². The smallest absolute Gasteiger partial charge is 0.115 e. The van der Waals surface area contributed by atoms with E-state index in [0.717, 1.165) is 16.9 Å². The van der Waals surface area contributed by atoms with E-state index in [-0.39, 0.29) is 12.4 Å². The standard InChI is InChI=1S/C16H14ClN3O2/c17-12-3-1-11(2-4-12)9-16-15(10-21)18-19-20(16)13-5-7-14(22)8-6-13/h1-8,21-22H,9-10H2. The van der Waals surface area contributed by atoms with Crippen LogP contribution in [0.15, 0.2) is 48.5 Å². The number of benzene rings is 2. The van der Waals surface area contributed by atoms with E-state index in [1.807, 2.05) is 24.3 Å². The van der Waals surface area contributed by atoms with Crippen molar-refractivity contribution in [2.24, 2.45) is 0 Å². The summed E-state index contributed by atoms with van der Waals surface area (Å²) in [7, 11) is 0. The second-order valence-electron chi connectivity index (χ2n) is 4.87. The van der Waals surface area contributed by atoms with Crippen molar-refractivity contribution in [1.82, 2.24) is 15.0 Å². The van der Waals surface area contributed by atoms with Gasteiger partial charge in [-0.05, 0) is 42.0 Å². The molecule has 1 heterocycles. The van der Waals surface area contributed by atoms with E-state index >= 15 is 0 Å². The lowest BCUT2D eigenvalue weighted by Gasteiger charge is -2.08. The van der Waals surface area contributed by atoms with Crippen molar-refractivity contribution in [3.63, 3.8) is 0 Å². The van der Waals surface area contributed by atoms with Crippen LogP contribution >= 0.6 is 11.6 Å². The highest BCUT2D eigenvalue weighted by atomic mass is 35.5. The molecular weight excluding hydrogens is 302 g/mol. The molecular formula is C16H14ClN3O2. The summed E-state index contributed by atoms with van der Waals surface area (Å²) in [6.45, 7) is -0.180. The van der Waals surface area contributed by atoms with Gasteiger partial charge in [0, 0.05) is 11.4 Å². The van der Waals surface area contributed by atoms with Crippen LogP contribution in [0.3, 0.4) is 0 Å². The second kappa shape index (κ2) is 6.17. The van der Waals surface area contributed by atoms with Crippen LogP contribution in [0.2, 0.25) is 5.02 Å². The first-order valence-electron chi connectivity index (χ1n) is 6.75. The first kappa shape index (κ1) is 14.6. The number of aromatic hydroxyl groups is 1. The molecule has 2 aromatic carbocycles. The number of hydrogen-bond acceptors (Lipinski definition) is 4. The van der Waals surface area contributed by atoms with Gasteiger partial charge in [0.05, 0.1) is 18.0 Å². The van der Waals surface area contributed by atoms with E-state index in [9.17, 15) is 10.2 Å². The van der Waals surface area contributed by atoms with E-state index in [1.54, 1.807) is 28.9 Å². The Balaban J connectivity index is 2.00. The van der Waals surface area contributed by atoms with E-state index in [0.29, 0.717) is 17.1 Å². The third-order valence-corrected chi connectivity index (χ3v) is 3.62. The fourth-order valence-electron chi connectivity index (χ4n) is 2.23. The number of rotatable bonds is 4. The zero-order chi connectivity index (χ0) is 15.5. The molecule has 5 nitrogen and oxygen atoms in total. The third-order valence-electron chi connectivity index (χ3n) is 3.37. The predicted molar refractivity (Wildman–Crippen MR) is 83.2 cm³/mol. The van der Waals surface area contributed by atoms with Gasteiger partial charge in [-0.3, -0.25) is 0 Å². The molecule has 0 saturated carbocycles. The fourth-order valence-corrected chi connectivity index (χ4v) is 2.36. The van der Waals surface area contributed by atoms with Gasteiger partial charge in [0.1, 0.15) is 11.4 Å². The minimum absolute atomic E-state index is 0.180. The Morgan fingerprint density at radius 3 is 2.32 bits per heavy atom. The number of phenols is 1. The Morgan fingerprint density at radius 2 is 1.68 bits per heavy atom. The van der Waals surface area contributed by atoms with Gasteiger partial charge in [0.15, 0.2) is 0 Å². The van der Waals surface area contributed by atoms with Crippen molar-refractivity contribution in [2.75, 3.05) is 0 Å². The Bertz CT molecular complexity index is 767. The van der Waals surface area contributed by atoms with E-state index < -0.39 is 0 Å². The number of aliphatic hydroxyl groups is 1. The fraction of sp³-hybridized carbons (Fsp3) is 0.125. The molecule has 112 valence electrons. The van der Waals surface area contributed by atoms with E-state index in [1.165, 1.54) is 0 Å². The van der Waals surface area contributed by atoms with E-state index in [4.69, 9.17) is 11.6 Å².